The van der Waals surface area contributed by atoms with E-state index in [0.717, 1.165) is 18.8 Å². The van der Waals surface area contributed by atoms with E-state index in [-0.39, 0.29) is 0 Å². The van der Waals surface area contributed by atoms with Gasteiger partial charge < -0.3 is 14.6 Å². The SMILES string of the molecule is COc1ccc(C(C)n2cncc2C2CNC2)cc1. The highest BCUT2D eigenvalue weighted by Gasteiger charge is 2.24. The third-order valence-electron chi connectivity index (χ3n) is 3.91. The Labute approximate surface area is 113 Å². The first-order chi connectivity index (χ1) is 9.29. The molecule has 0 aliphatic carbocycles. The Morgan fingerprint density at radius 2 is 2.05 bits per heavy atom. The van der Waals surface area contributed by atoms with Crippen molar-refractivity contribution in [2.24, 2.45) is 0 Å². The molecule has 1 unspecified atom stereocenters. The third kappa shape index (κ3) is 2.24. The van der Waals surface area contributed by atoms with Gasteiger partial charge in [0.15, 0.2) is 0 Å². The zero-order valence-electron chi connectivity index (χ0n) is 11.3. The molecule has 4 nitrogen and oxygen atoms in total. The van der Waals surface area contributed by atoms with Crippen LogP contribution in [-0.4, -0.2) is 29.8 Å². The molecule has 1 aromatic heterocycles. The molecule has 2 heterocycles. The topological polar surface area (TPSA) is 39.1 Å². The van der Waals surface area contributed by atoms with Gasteiger partial charge in [0.25, 0.3) is 0 Å². The molecule has 2 aromatic rings. The van der Waals surface area contributed by atoms with Gasteiger partial charge in [-0.3, -0.25) is 0 Å². The molecule has 1 fully saturated rings. The molecule has 1 saturated heterocycles. The summed E-state index contributed by atoms with van der Waals surface area (Å²) in [4.78, 5) is 4.32. The van der Waals surface area contributed by atoms with Crippen LogP contribution in [0.5, 0.6) is 5.75 Å². The van der Waals surface area contributed by atoms with Crippen LogP contribution in [0.15, 0.2) is 36.8 Å². The molecule has 100 valence electrons. The first-order valence-electron chi connectivity index (χ1n) is 6.66. The molecule has 1 N–H and O–H groups in total. The average molecular weight is 257 g/mol. The first kappa shape index (κ1) is 12.2. The molecule has 3 rings (SSSR count). The van der Waals surface area contributed by atoms with Crippen molar-refractivity contribution in [2.45, 2.75) is 18.9 Å². The fourth-order valence-corrected chi connectivity index (χ4v) is 2.50. The van der Waals surface area contributed by atoms with Crippen molar-refractivity contribution in [3.63, 3.8) is 0 Å². The predicted molar refractivity (Wildman–Crippen MR) is 74.6 cm³/mol. The van der Waals surface area contributed by atoms with E-state index in [1.165, 1.54) is 11.3 Å². The highest BCUT2D eigenvalue weighted by atomic mass is 16.5. The number of ether oxygens (including phenoxy) is 1. The molecule has 4 heteroatoms. The maximum Gasteiger partial charge on any atom is 0.118 e. The molecule has 1 aliphatic heterocycles. The zero-order chi connectivity index (χ0) is 13.2. The second kappa shape index (κ2) is 5.05. The largest absolute Gasteiger partial charge is 0.497 e. The Balaban J connectivity index is 1.86. The highest BCUT2D eigenvalue weighted by molar-refractivity contribution is 5.30. The molecule has 1 atom stereocenters. The quantitative estimate of drug-likeness (QED) is 0.912. The van der Waals surface area contributed by atoms with E-state index in [1.54, 1.807) is 7.11 Å². The average Bonchev–Trinajstić information content (AvgIpc) is 2.85. The molecule has 1 aliphatic rings. The van der Waals surface area contributed by atoms with E-state index in [1.807, 2.05) is 24.7 Å². The fourth-order valence-electron chi connectivity index (χ4n) is 2.50. The smallest absolute Gasteiger partial charge is 0.118 e. The van der Waals surface area contributed by atoms with Crippen LogP contribution in [0.2, 0.25) is 0 Å². The normalized spacial score (nSPS) is 16.9. The van der Waals surface area contributed by atoms with Gasteiger partial charge >= 0.3 is 0 Å². The summed E-state index contributed by atoms with van der Waals surface area (Å²) in [5, 5.41) is 3.31. The van der Waals surface area contributed by atoms with E-state index in [9.17, 15) is 0 Å². The number of hydrogen-bond donors (Lipinski definition) is 1. The molecule has 0 amide bonds. The minimum absolute atomic E-state index is 0.295. The number of benzene rings is 1. The van der Waals surface area contributed by atoms with Crippen molar-refractivity contribution in [2.75, 3.05) is 20.2 Å². The number of nitrogens with zero attached hydrogens (tertiary/aromatic N) is 2. The third-order valence-corrected chi connectivity index (χ3v) is 3.91. The zero-order valence-corrected chi connectivity index (χ0v) is 11.3. The van der Waals surface area contributed by atoms with E-state index in [2.05, 4.69) is 33.9 Å². The summed E-state index contributed by atoms with van der Waals surface area (Å²) < 4.78 is 7.47. The van der Waals surface area contributed by atoms with Crippen molar-refractivity contribution in [1.29, 1.82) is 0 Å². The monoisotopic (exact) mass is 257 g/mol. The van der Waals surface area contributed by atoms with Crippen LogP contribution < -0.4 is 10.1 Å². The summed E-state index contributed by atoms with van der Waals surface area (Å²) in [5.41, 5.74) is 2.59. The summed E-state index contributed by atoms with van der Waals surface area (Å²) in [6.45, 7) is 4.32. The summed E-state index contributed by atoms with van der Waals surface area (Å²) in [7, 11) is 1.69. The van der Waals surface area contributed by atoms with Crippen LogP contribution >= 0.6 is 0 Å². The van der Waals surface area contributed by atoms with E-state index in [4.69, 9.17) is 4.74 Å². The van der Waals surface area contributed by atoms with Crippen molar-refractivity contribution in [1.82, 2.24) is 14.9 Å². The van der Waals surface area contributed by atoms with Crippen LogP contribution in [0.3, 0.4) is 0 Å². The van der Waals surface area contributed by atoms with Crippen molar-refractivity contribution < 1.29 is 4.74 Å². The lowest BCUT2D eigenvalue weighted by Crippen LogP contribution is -2.41. The second-order valence-corrected chi connectivity index (χ2v) is 5.03. The Morgan fingerprint density at radius 1 is 1.32 bits per heavy atom. The van der Waals surface area contributed by atoms with Crippen molar-refractivity contribution >= 4 is 0 Å². The van der Waals surface area contributed by atoms with E-state index in [0.29, 0.717) is 12.0 Å². The maximum absolute atomic E-state index is 5.20. The Kier molecular flexibility index (Phi) is 3.25. The van der Waals surface area contributed by atoms with Crippen LogP contribution in [0.4, 0.5) is 0 Å². The molecule has 0 spiro atoms. The van der Waals surface area contributed by atoms with Gasteiger partial charge in [-0.05, 0) is 24.6 Å². The van der Waals surface area contributed by atoms with Gasteiger partial charge in [0.05, 0.1) is 19.5 Å². The van der Waals surface area contributed by atoms with Crippen LogP contribution in [0.25, 0.3) is 0 Å². The number of aromatic nitrogens is 2. The Hall–Kier alpha value is -1.81. The van der Waals surface area contributed by atoms with Gasteiger partial charge in [-0.15, -0.1) is 0 Å². The van der Waals surface area contributed by atoms with Crippen LogP contribution in [0.1, 0.15) is 30.1 Å². The van der Waals surface area contributed by atoms with Gasteiger partial charge in [0.2, 0.25) is 0 Å². The Bertz CT molecular complexity index is 543. The minimum atomic E-state index is 0.295. The van der Waals surface area contributed by atoms with Gasteiger partial charge in [-0.1, -0.05) is 12.1 Å². The fraction of sp³-hybridized carbons (Fsp3) is 0.400. The molecule has 0 radical (unpaired) electrons. The highest BCUT2D eigenvalue weighted by Crippen LogP contribution is 2.27. The summed E-state index contributed by atoms with van der Waals surface area (Å²) >= 11 is 0. The summed E-state index contributed by atoms with van der Waals surface area (Å²) in [6, 6.07) is 8.54. The number of rotatable bonds is 4. The molecular weight excluding hydrogens is 238 g/mol. The number of methoxy groups -OCH3 is 1. The lowest BCUT2D eigenvalue weighted by atomic mass is 9.98. The first-order valence-corrected chi connectivity index (χ1v) is 6.66. The van der Waals surface area contributed by atoms with Gasteiger partial charge in [-0.2, -0.15) is 0 Å². The molecule has 0 bridgehead atoms. The standard InChI is InChI=1S/C15H19N3O/c1-11(12-3-5-14(19-2)6-4-12)18-10-17-9-15(18)13-7-16-8-13/h3-6,9-11,13,16H,7-8H2,1-2H3. The predicted octanol–water partition coefficient (Wildman–Crippen LogP) is 2.19. The van der Waals surface area contributed by atoms with Crippen molar-refractivity contribution in [3.05, 3.63) is 48.0 Å². The van der Waals surface area contributed by atoms with Crippen molar-refractivity contribution in [3.8, 4) is 5.75 Å². The molecule has 0 saturated carbocycles. The lowest BCUT2D eigenvalue weighted by molar-refractivity contribution is 0.413. The summed E-state index contributed by atoms with van der Waals surface area (Å²) in [6.07, 6.45) is 3.92. The summed E-state index contributed by atoms with van der Waals surface area (Å²) in [5.74, 6) is 1.49. The number of nitrogens with one attached hydrogen (secondary N) is 1. The minimum Gasteiger partial charge on any atom is -0.497 e. The van der Waals surface area contributed by atoms with Gasteiger partial charge in [-0.25, -0.2) is 4.98 Å². The Morgan fingerprint density at radius 3 is 2.63 bits per heavy atom. The lowest BCUT2D eigenvalue weighted by Gasteiger charge is -2.29. The molecular formula is C15H19N3O. The second-order valence-electron chi connectivity index (χ2n) is 5.03. The number of imidazole rings is 1. The van der Waals surface area contributed by atoms with E-state index < -0.39 is 0 Å². The van der Waals surface area contributed by atoms with Gasteiger partial charge in [0.1, 0.15) is 5.75 Å². The molecule has 19 heavy (non-hydrogen) atoms. The van der Waals surface area contributed by atoms with Gasteiger partial charge in [0, 0.05) is 30.9 Å². The maximum atomic E-state index is 5.20. The molecule has 1 aromatic carbocycles. The van der Waals surface area contributed by atoms with E-state index >= 15 is 0 Å². The van der Waals surface area contributed by atoms with Crippen LogP contribution in [-0.2, 0) is 0 Å². The number of hydrogen-bond acceptors (Lipinski definition) is 3. The van der Waals surface area contributed by atoms with Crippen LogP contribution in [0, 0.1) is 0 Å².